The molecule has 1 aliphatic heterocycles. The molecule has 1 aromatic heterocycles. The molecule has 2 heterocycles. The van der Waals surface area contributed by atoms with Gasteiger partial charge in [0.2, 0.25) is 0 Å². The molecule has 45 heavy (non-hydrogen) atoms. The smallest absolute Gasteiger partial charge is 0.338 e. The van der Waals surface area contributed by atoms with Gasteiger partial charge in [0, 0.05) is 5.56 Å². The lowest BCUT2D eigenvalue weighted by molar-refractivity contribution is -0.139. The van der Waals surface area contributed by atoms with Crippen molar-refractivity contribution in [2.24, 2.45) is 4.99 Å². The zero-order valence-electron chi connectivity index (χ0n) is 25.7. The van der Waals surface area contributed by atoms with Crippen LogP contribution in [-0.2, 0) is 16.1 Å². The van der Waals surface area contributed by atoms with E-state index in [0.29, 0.717) is 38.7 Å². The predicted molar refractivity (Wildman–Crippen MR) is 177 cm³/mol. The average molecular weight is 619 g/mol. The number of benzene rings is 4. The van der Waals surface area contributed by atoms with E-state index in [1.807, 2.05) is 86.7 Å². The van der Waals surface area contributed by atoms with E-state index >= 15 is 0 Å². The molecule has 0 amide bonds. The molecule has 0 fully saturated rings. The molecule has 8 heteroatoms. The van der Waals surface area contributed by atoms with Crippen LogP contribution in [0.2, 0.25) is 0 Å². The maximum absolute atomic E-state index is 14.1. The summed E-state index contributed by atoms with van der Waals surface area (Å²) in [6, 6.07) is 28.8. The summed E-state index contributed by atoms with van der Waals surface area (Å²) in [6.45, 7) is 8.06. The third-order valence-corrected chi connectivity index (χ3v) is 8.54. The molecule has 0 saturated carbocycles. The van der Waals surface area contributed by atoms with Crippen LogP contribution in [0.1, 0.15) is 50.4 Å². The summed E-state index contributed by atoms with van der Waals surface area (Å²) in [4.78, 5) is 32.6. The van der Waals surface area contributed by atoms with E-state index in [1.165, 1.54) is 11.3 Å². The number of hydrogen-bond acceptors (Lipinski definition) is 7. The van der Waals surface area contributed by atoms with Gasteiger partial charge in [-0.05, 0) is 73.9 Å². The van der Waals surface area contributed by atoms with Gasteiger partial charge in [-0.1, -0.05) is 84.1 Å². The highest BCUT2D eigenvalue weighted by Gasteiger charge is 2.33. The number of allylic oxidation sites excluding steroid dienone is 1. The number of aromatic nitrogens is 1. The molecular formula is C37H34N2O5S. The molecule has 4 aromatic carbocycles. The van der Waals surface area contributed by atoms with Gasteiger partial charge in [0.05, 0.1) is 34.6 Å². The molecule has 0 N–H and O–H groups in total. The van der Waals surface area contributed by atoms with Crippen molar-refractivity contribution in [3.05, 3.63) is 139 Å². The van der Waals surface area contributed by atoms with Crippen molar-refractivity contribution < 1.29 is 19.0 Å². The number of rotatable bonds is 9. The monoisotopic (exact) mass is 618 g/mol. The van der Waals surface area contributed by atoms with Crippen molar-refractivity contribution >= 4 is 34.2 Å². The summed E-state index contributed by atoms with van der Waals surface area (Å²) >= 11 is 1.28. The second-order valence-electron chi connectivity index (χ2n) is 11.0. The van der Waals surface area contributed by atoms with E-state index in [4.69, 9.17) is 19.2 Å². The van der Waals surface area contributed by atoms with E-state index in [1.54, 1.807) is 18.4 Å². The first-order valence-corrected chi connectivity index (χ1v) is 15.8. The van der Waals surface area contributed by atoms with Crippen molar-refractivity contribution in [2.75, 3.05) is 6.61 Å². The summed E-state index contributed by atoms with van der Waals surface area (Å²) in [6.07, 6.45) is 1.85. The lowest BCUT2D eigenvalue weighted by Gasteiger charge is -2.25. The Kier molecular flexibility index (Phi) is 8.67. The lowest BCUT2D eigenvalue weighted by atomic mass is 9.96. The summed E-state index contributed by atoms with van der Waals surface area (Å²) in [7, 11) is 0. The molecule has 228 valence electrons. The van der Waals surface area contributed by atoms with Gasteiger partial charge >= 0.3 is 5.97 Å². The van der Waals surface area contributed by atoms with Gasteiger partial charge in [-0.2, -0.15) is 0 Å². The van der Waals surface area contributed by atoms with E-state index < -0.39 is 12.0 Å². The first-order valence-electron chi connectivity index (χ1n) is 15.0. The molecule has 5 aromatic rings. The second-order valence-corrected chi connectivity index (χ2v) is 12.0. The van der Waals surface area contributed by atoms with Crippen molar-refractivity contribution in [2.45, 2.75) is 46.4 Å². The minimum absolute atomic E-state index is 0.0182. The van der Waals surface area contributed by atoms with Crippen LogP contribution < -0.4 is 24.4 Å². The number of carbonyl (C=O) groups is 1. The Balaban J connectivity index is 1.40. The number of hydrogen-bond donors (Lipinski definition) is 0. The quantitative estimate of drug-likeness (QED) is 0.181. The van der Waals surface area contributed by atoms with Crippen LogP contribution in [0.3, 0.4) is 0 Å². The molecule has 1 atom stereocenters. The first kappa shape index (κ1) is 30.1. The number of fused-ring (bicyclic) bond motifs is 2. The highest BCUT2D eigenvalue weighted by atomic mass is 32.1. The Bertz CT molecular complexity index is 2080. The topological polar surface area (TPSA) is 79.1 Å². The second kappa shape index (κ2) is 13.0. The lowest BCUT2D eigenvalue weighted by Crippen LogP contribution is -2.39. The zero-order chi connectivity index (χ0) is 31.5. The standard InChI is InChI=1S/C37H34N2O5S/c1-5-42-36(41)33-24(4)38-37-39(34(33)26-17-19-29(20-18-26)44-23(2)3)35(40)32(45-37)21-27-12-7-9-16-31(27)43-22-28-14-10-13-25-11-6-8-15-30(25)28/h6-21,23,34H,5,22H2,1-4H3/b32-21+/t34-/m1/s1. The fourth-order valence-electron chi connectivity index (χ4n) is 5.55. The summed E-state index contributed by atoms with van der Waals surface area (Å²) < 4.78 is 19.7. The zero-order valence-corrected chi connectivity index (χ0v) is 26.5. The Morgan fingerprint density at radius 1 is 0.978 bits per heavy atom. The molecule has 0 aliphatic carbocycles. The van der Waals surface area contributed by atoms with Crippen molar-refractivity contribution in [3.8, 4) is 11.5 Å². The SMILES string of the molecule is CCOC(=O)C1=C(C)N=c2s/c(=C/c3ccccc3OCc3cccc4ccccc34)c(=O)n2[C@@H]1c1ccc(OC(C)C)cc1. The van der Waals surface area contributed by atoms with Gasteiger partial charge < -0.3 is 14.2 Å². The minimum atomic E-state index is -0.701. The highest BCUT2D eigenvalue weighted by Crippen LogP contribution is 2.32. The fourth-order valence-corrected chi connectivity index (χ4v) is 6.59. The number of carbonyl (C=O) groups excluding carboxylic acids is 1. The average Bonchev–Trinajstić information content (AvgIpc) is 3.33. The third kappa shape index (κ3) is 6.19. The van der Waals surface area contributed by atoms with E-state index in [9.17, 15) is 9.59 Å². The van der Waals surface area contributed by atoms with Crippen LogP contribution in [-0.4, -0.2) is 23.2 Å². The van der Waals surface area contributed by atoms with Crippen LogP contribution in [0.4, 0.5) is 0 Å². The number of esters is 1. The molecule has 0 radical (unpaired) electrons. The largest absolute Gasteiger partial charge is 0.491 e. The molecule has 7 nitrogen and oxygen atoms in total. The van der Waals surface area contributed by atoms with E-state index in [2.05, 4.69) is 24.3 Å². The van der Waals surface area contributed by atoms with Crippen molar-refractivity contribution in [1.29, 1.82) is 0 Å². The molecule has 1 aliphatic rings. The summed E-state index contributed by atoms with van der Waals surface area (Å²) in [5, 5.41) is 2.30. The van der Waals surface area contributed by atoms with E-state index in [0.717, 1.165) is 27.5 Å². The molecule has 0 bridgehead atoms. The van der Waals surface area contributed by atoms with Crippen LogP contribution in [0.25, 0.3) is 16.8 Å². The summed E-state index contributed by atoms with van der Waals surface area (Å²) in [5.41, 5.74) is 3.23. The normalized spacial score (nSPS) is 14.8. The van der Waals surface area contributed by atoms with Crippen LogP contribution >= 0.6 is 11.3 Å². The molecule has 0 unspecified atom stereocenters. The van der Waals surface area contributed by atoms with E-state index in [-0.39, 0.29) is 18.3 Å². The predicted octanol–water partition coefficient (Wildman–Crippen LogP) is 6.32. The van der Waals surface area contributed by atoms with Crippen LogP contribution in [0.5, 0.6) is 11.5 Å². The Labute approximate surface area is 265 Å². The fraction of sp³-hybridized carbons (Fsp3) is 0.216. The van der Waals surface area contributed by atoms with Gasteiger partial charge in [-0.3, -0.25) is 9.36 Å². The first-order chi connectivity index (χ1) is 21.8. The Morgan fingerprint density at radius 3 is 2.49 bits per heavy atom. The Hall–Kier alpha value is -4.95. The number of thiazole rings is 1. The minimum Gasteiger partial charge on any atom is -0.491 e. The van der Waals surface area contributed by atoms with Crippen LogP contribution in [0.15, 0.2) is 112 Å². The maximum Gasteiger partial charge on any atom is 0.338 e. The Morgan fingerprint density at radius 2 is 1.71 bits per heavy atom. The number of nitrogens with zero attached hydrogens (tertiary/aromatic N) is 2. The molecule has 0 saturated heterocycles. The van der Waals surface area contributed by atoms with Gasteiger partial charge in [0.1, 0.15) is 18.1 Å². The van der Waals surface area contributed by atoms with Crippen LogP contribution in [0, 0.1) is 0 Å². The summed E-state index contributed by atoms with van der Waals surface area (Å²) in [5.74, 6) is 0.879. The molecule has 0 spiro atoms. The van der Waals surface area contributed by atoms with Gasteiger partial charge in [-0.15, -0.1) is 0 Å². The van der Waals surface area contributed by atoms with Gasteiger partial charge in [0.25, 0.3) is 5.56 Å². The molecular weight excluding hydrogens is 584 g/mol. The highest BCUT2D eigenvalue weighted by molar-refractivity contribution is 7.07. The third-order valence-electron chi connectivity index (χ3n) is 7.55. The van der Waals surface area contributed by atoms with Crippen molar-refractivity contribution in [3.63, 3.8) is 0 Å². The maximum atomic E-state index is 14.1. The number of para-hydroxylation sites is 1. The van der Waals surface area contributed by atoms with Crippen molar-refractivity contribution in [1.82, 2.24) is 4.57 Å². The van der Waals surface area contributed by atoms with Gasteiger partial charge in [0.15, 0.2) is 4.80 Å². The molecule has 6 rings (SSSR count). The number of ether oxygens (including phenoxy) is 3. The van der Waals surface area contributed by atoms with Gasteiger partial charge in [-0.25, -0.2) is 9.79 Å².